The highest BCUT2D eigenvalue weighted by Crippen LogP contribution is 2.35. The first-order chi connectivity index (χ1) is 6.61. The summed E-state index contributed by atoms with van der Waals surface area (Å²) >= 11 is 4.52. The van der Waals surface area contributed by atoms with Gasteiger partial charge in [0.2, 0.25) is 0 Å². The van der Waals surface area contributed by atoms with Crippen LogP contribution in [0.4, 0.5) is 5.69 Å². The molecule has 0 aliphatic heterocycles. The van der Waals surface area contributed by atoms with Gasteiger partial charge in [0, 0.05) is 16.8 Å². The van der Waals surface area contributed by atoms with Gasteiger partial charge >= 0.3 is 0 Å². The molecule has 0 fully saturated rings. The third kappa shape index (κ3) is 1.31. The van der Waals surface area contributed by atoms with Crippen molar-refractivity contribution >= 4 is 44.1 Å². The topological polar surface area (TPSA) is 56.0 Å². The maximum Gasteiger partial charge on any atom is 0.284 e. The molecule has 0 radical (unpaired) electrons. The molecule has 1 aromatic heterocycles. The van der Waals surface area contributed by atoms with Gasteiger partial charge in [-0.05, 0) is 39.9 Å². The summed E-state index contributed by atoms with van der Waals surface area (Å²) in [5.74, 6) is 0. The van der Waals surface area contributed by atoms with E-state index in [2.05, 4.69) is 20.3 Å². The number of rotatable bonds is 1. The average molecular weight is 273 g/mol. The minimum absolute atomic E-state index is 0.0928. The Hall–Kier alpha value is -1.01. The van der Waals surface area contributed by atoms with Gasteiger partial charge in [0.1, 0.15) is 4.47 Å². The molecule has 0 saturated heterocycles. The van der Waals surface area contributed by atoms with Crippen molar-refractivity contribution in [2.75, 3.05) is 0 Å². The molecule has 6 heteroatoms. The maximum absolute atomic E-state index is 10.7. The lowest BCUT2D eigenvalue weighted by molar-refractivity contribution is -0.385. The summed E-state index contributed by atoms with van der Waals surface area (Å²) in [6, 6.07) is 1.53. The molecule has 1 heterocycles. The summed E-state index contributed by atoms with van der Waals surface area (Å²) in [4.78, 5) is 10.3. The summed E-state index contributed by atoms with van der Waals surface area (Å²) in [6.45, 7) is 1.82. The van der Waals surface area contributed by atoms with Gasteiger partial charge in [0.05, 0.1) is 10.4 Å². The monoisotopic (exact) mass is 272 g/mol. The minimum Gasteiger partial charge on any atom is -0.258 e. The maximum atomic E-state index is 10.7. The van der Waals surface area contributed by atoms with E-state index in [1.54, 1.807) is 5.38 Å². The van der Waals surface area contributed by atoms with E-state index in [0.29, 0.717) is 4.47 Å². The van der Waals surface area contributed by atoms with Crippen LogP contribution in [0.1, 0.15) is 5.56 Å². The van der Waals surface area contributed by atoms with Gasteiger partial charge in [0.25, 0.3) is 5.69 Å². The van der Waals surface area contributed by atoms with E-state index < -0.39 is 4.92 Å². The highest BCUT2D eigenvalue weighted by Gasteiger charge is 2.17. The van der Waals surface area contributed by atoms with Crippen LogP contribution in [0.2, 0.25) is 0 Å². The lowest BCUT2D eigenvalue weighted by atomic mass is 10.1. The largest absolute Gasteiger partial charge is 0.284 e. The van der Waals surface area contributed by atoms with Gasteiger partial charge in [-0.3, -0.25) is 10.1 Å². The average Bonchev–Trinajstić information content (AvgIpc) is 2.59. The van der Waals surface area contributed by atoms with Crippen LogP contribution >= 0.6 is 27.5 Å². The van der Waals surface area contributed by atoms with Gasteiger partial charge in [0.15, 0.2) is 0 Å². The molecule has 4 nitrogen and oxygen atoms in total. The van der Waals surface area contributed by atoms with Crippen molar-refractivity contribution in [1.29, 1.82) is 0 Å². The first-order valence-corrected chi connectivity index (χ1v) is 5.42. The number of nitrogens with zero attached hydrogens (tertiary/aromatic N) is 2. The fourth-order valence-electron chi connectivity index (χ4n) is 1.28. The fraction of sp³-hybridized carbons (Fsp3) is 0.125. The van der Waals surface area contributed by atoms with Crippen molar-refractivity contribution in [3.63, 3.8) is 0 Å². The number of aromatic nitrogens is 1. The summed E-state index contributed by atoms with van der Waals surface area (Å²) in [5.41, 5.74) is 1.75. The van der Waals surface area contributed by atoms with Gasteiger partial charge in [-0.15, -0.1) is 0 Å². The van der Waals surface area contributed by atoms with E-state index >= 15 is 0 Å². The quantitative estimate of drug-likeness (QED) is 0.591. The SMILES string of the molecule is Cc1cc([N+](=O)[O-])c(Br)c2csnc12. The van der Waals surface area contributed by atoms with Gasteiger partial charge < -0.3 is 0 Å². The van der Waals surface area contributed by atoms with Crippen LogP contribution in [0.5, 0.6) is 0 Å². The van der Waals surface area contributed by atoms with Crippen molar-refractivity contribution in [3.05, 3.63) is 31.6 Å². The number of benzene rings is 1. The van der Waals surface area contributed by atoms with Crippen molar-refractivity contribution in [2.45, 2.75) is 6.92 Å². The van der Waals surface area contributed by atoms with Gasteiger partial charge in [-0.25, -0.2) is 0 Å². The van der Waals surface area contributed by atoms with Crippen LogP contribution < -0.4 is 0 Å². The van der Waals surface area contributed by atoms with Crippen LogP contribution in [0, 0.1) is 17.0 Å². The number of nitro benzene ring substituents is 1. The minimum atomic E-state index is -0.395. The van der Waals surface area contributed by atoms with E-state index in [4.69, 9.17) is 0 Å². The molecule has 72 valence electrons. The summed E-state index contributed by atoms with van der Waals surface area (Å²) in [7, 11) is 0. The second-order valence-electron chi connectivity index (χ2n) is 2.86. The standard InChI is InChI=1S/C8H5BrN2O2S/c1-4-2-6(11(12)13)7(9)5-3-14-10-8(4)5/h2-3H,1H3. The molecule has 0 unspecified atom stereocenters. The molecule has 0 spiro atoms. The molecule has 0 amide bonds. The number of hydrogen-bond acceptors (Lipinski definition) is 4. The van der Waals surface area contributed by atoms with Crippen molar-refractivity contribution < 1.29 is 4.92 Å². The third-order valence-corrected chi connectivity index (χ3v) is 3.42. The second kappa shape index (κ2) is 3.29. The third-order valence-electron chi connectivity index (χ3n) is 1.95. The normalized spacial score (nSPS) is 10.7. The Bertz CT molecular complexity index is 523. The summed E-state index contributed by atoms with van der Waals surface area (Å²) in [6.07, 6.45) is 0. The van der Waals surface area contributed by atoms with Crippen LogP contribution in [-0.4, -0.2) is 9.30 Å². The van der Waals surface area contributed by atoms with E-state index in [0.717, 1.165) is 16.5 Å². The zero-order valence-corrected chi connectivity index (χ0v) is 9.55. The summed E-state index contributed by atoms with van der Waals surface area (Å²) in [5, 5.41) is 13.3. The molecule has 2 aromatic rings. The second-order valence-corrected chi connectivity index (χ2v) is 4.28. The fourth-order valence-corrected chi connectivity index (χ4v) is 2.73. The highest BCUT2D eigenvalue weighted by atomic mass is 79.9. The Morgan fingerprint density at radius 2 is 2.36 bits per heavy atom. The highest BCUT2D eigenvalue weighted by molar-refractivity contribution is 9.10. The molecule has 0 N–H and O–H groups in total. The lowest BCUT2D eigenvalue weighted by Crippen LogP contribution is -1.91. The molecular formula is C8H5BrN2O2S. The molecule has 14 heavy (non-hydrogen) atoms. The Labute approximate surface area is 92.0 Å². The molecule has 0 bridgehead atoms. The number of fused-ring (bicyclic) bond motifs is 1. The smallest absolute Gasteiger partial charge is 0.258 e. The van der Waals surface area contributed by atoms with Crippen molar-refractivity contribution in [2.24, 2.45) is 0 Å². The van der Waals surface area contributed by atoms with E-state index in [1.165, 1.54) is 17.6 Å². The zero-order chi connectivity index (χ0) is 10.3. The van der Waals surface area contributed by atoms with Gasteiger partial charge in [-0.1, -0.05) is 0 Å². The number of halogens is 1. The van der Waals surface area contributed by atoms with Crippen molar-refractivity contribution in [1.82, 2.24) is 4.37 Å². The first-order valence-electron chi connectivity index (χ1n) is 3.79. The van der Waals surface area contributed by atoms with Crippen LogP contribution in [-0.2, 0) is 0 Å². The molecule has 0 atom stereocenters. The number of hydrogen-bond donors (Lipinski definition) is 0. The molecular weight excluding hydrogens is 268 g/mol. The molecule has 2 rings (SSSR count). The van der Waals surface area contributed by atoms with Crippen LogP contribution in [0.15, 0.2) is 15.9 Å². The van der Waals surface area contributed by atoms with E-state index in [1.807, 2.05) is 6.92 Å². The lowest BCUT2D eigenvalue weighted by Gasteiger charge is -1.99. The molecule has 0 saturated carbocycles. The Kier molecular flexibility index (Phi) is 2.24. The number of aryl methyl sites for hydroxylation is 1. The number of nitro groups is 1. The van der Waals surface area contributed by atoms with E-state index in [9.17, 15) is 10.1 Å². The summed E-state index contributed by atoms with van der Waals surface area (Å²) < 4.78 is 4.68. The zero-order valence-electron chi connectivity index (χ0n) is 7.15. The predicted molar refractivity (Wildman–Crippen MR) is 58.7 cm³/mol. The Morgan fingerprint density at radius 1 is 1.64 bits per heavy atom. The molecule has 1 aromatic carbocycles. The Morgan fingerprint density at radius 3 is 3.00 bits per heavy atom. The predicted octanol–water partition coefficient (Wildman–Crippen LogP) is 3.28. The first kappa shape index (κ1) is 9.54. The van der Waals surface area contributed by atoms with E-state index in [-0.39, 0.29) is 5.69 Å². The van der Waals surface area contributed by atoms with Crippen LogP contribution in [0.25, 0.3) is 10.9 Å². The Balaban J connectivity index is 2.88. The molecule has 0 aliphatic carbocycles. The van der Waals surface area contributed by atoms with Crippen LogP contribution in [0.3, 0.4) is 0 Å². The van der Waals surface area contributed by atoms with Gasteiger partial charge in [-0.2, -0.15) is 4.37 Å². The van der Waals surface area contributed by atoms with Crippen molar-refractivity contribution in [3.8, 4) is 0 Å². The molecule has 0 aliphatic rings.